The van der Waals surface area contributed by atoms with Gasteiger partial charge in [0.15, 0.2) is 0 Å². The Kier molecular flexibility index (Phi) is 6.44. The maximum absolute atomic E-state index is 8.71. The van der Waals surface area contributed by atoms with Crippen molar-refractivity contribution in [3.8, 4) is 0 Å². The van der Waals surface area contributed by atoms with E-state index < -0.39 is 0 Å². The second kappa shape index (κ2) is 7.84. The molecule has 1 aromatic heterocycles. The molecule has 0 spiro atoms. The molecule has 1 rings (SSSR count). The molecule has 0 aliphatic rings. The van der Waals surface area contributed by atoms with Crippen molar-refractivity contribution in [3.63, 3.8) is 0 Å². The van der Waals surface area contributed by atoms with Crippen molar-refractivity contribution in [3.05, 3.63) is 12.2 Å². The average Bonchev–Trinajstić information content (AvgIpc) is 2.83. The second-order valence-corrected chi connectivity index (χ2v) is 5.51. The minimum absolute atomic E-state index is 0.00131. The topological polar surface area (TPSA) is 92.6 Å². The molecular formula is C13H26N6O. The summed E-state index contributed by atoms with van der Waals surface area (Å²) in [5.74, 6) is 1.74. The Balaban J connectivity index is 2.67. The van der Waals surface area contributed by atoms with E-state index in [-0.39, 0.29) is 11.8 Å². The molecule has 0 saturated heterocycles. The van der Waals surface area contributed by atoms with E-state index in [4.69, 9.17) is 10.9 Å². The number of hydrogen-bond donors (Lipinski definition) is 2. The van der Waals surface area contributed by atoms with Crippen molar-refractivity contribution in [1.82, 2.24) is 19.7 Å². The predicted octanol–water partition coefficient (Wildman–Crippen LogP) is 1.14. The summed E-state index contributed by atoms with van der Waals surface area (Å²) in [4.78, 5) is 6.54. The van der Waals surface area contributed by atoms with Gasteiger partial charge in [0, 0.05) is 19.0 Å². The number of hydrogen-bond acceptors (Lipinski definition) is 5. The number of rotatable bonds is 8. The highest BCUT2D eigenvalue weighted by Gasteiger charge is 2.15. The Morgan fingerprint density at radius 1 is 1.50 bits per heavy atom. The Morgan fingerprint density at radius 3 is 2.75 bits per heavy atom. The summed E-state index contributed by atoms with van der Waals surface area (Å²) in [6.45, 7) is 11.5. The van der Waals surface area contributed by atoms with E-state index in [1.54, 1.807) is 6.33 Å². The van der Waals surface area contributed by atoms with Gasteiger partial charge in [-0.25, -0.2) is 9.67 Å². The first kappa shape index (κ1) is 16.4. The molecule has 0 aliphatic carbocycles. The molecule has 0 radical (unpaired) electrons. The fraction of sp³-hybridized carbons (Fsp3) is 0.769. The third-order valence-electron chi connectivity index (χ3n) is 3.20. The third-order valence-corrected chi connectivity index (χ3v) is 3.20. The molecule has 1 atom stereocenters. The normalized spacial score (nSPS) is 14.2. The molecular weight excluding hydrogens is 256 g/mol. The average molecular weight is 282 g/mol. The van der Waals surface area contributed by atoms with Crippen LogP contribution < -0.4 is 5.73 Å². The van der Waals surface area contributed by atoms with Crippen LogP contribution in [0.4, 0.5) is 0 Å². The Morgan fingerprint density at radius 2 is 2.20 bits per heavy atom. The van der Waals surface area contributed by atoms with Gasteiger partial charge in [-0.2, -0.15) is 5.10 Å². The van der Waals surface area contributed by atoms with E-state index >= 15 is 0 Å². The van der Waals surface area contributed by atoms with Crippen LogP contribution in [0.5, 0.6) is 0 Å². The molecule has 1 unspecified atom stereocenters. The van der Waals surface area contributed by atoms with Crippen LogP contribution >= 0.6 is 0 Å². The van der Waals surface area contributed by atoms with Crippen LogP contribution in [0.2, 0.25) is 0 Å². The lowest BCUT2D eigenvalue weighted by molar-refractivity contribution is 0.245. The highest BCUT2D eigenvalue weighted by Crippen LogP contribution is 2.07. The van der Waals surface area contributed by atoms with E-state index in [0.717, 1.165) is 25.5 Å². The van der Waals surface area contributed by atoms with Crippen LogP contribution in [0, 0.1) is 11.8 Å². The van der Waals surface area contributed by atoms with Crippen molar-refractivity contribution in [2.45, 2.75) is 40.8 Å². The van der Waals surface area contributed by atoms with Crippen LogP contribution in [0.3, 0.4) is 0 Å². The molecule has 0 aromatic carbocycles. The van der Waals surface area contributed by atoms with Gasteiger partial charge in [0.1, 0.15) is 18.0 Å². The van der Waals surface area contributed by atoms with Gasteiger partial charge >= 0.3 is 0 Å². The van der Waals surface area contributed by atoms with E-state index in [1.165, 1.54) is 0 Å². The summed E-state index contributed by atoms with van der Waals surface area (Å²) >= 11 is 0. The smallest absolute Gasteiger partial charge is 0.143 e. The largest absolute Gasteiger partial charge is 0.409 e. The molecule has 0 bridgehead atoms. The van der Waals surface area contributed by atoms with Gasteiger partial charge in [0.25, 0.3) is 0 Å². The Labute approximate surface area is 120 Å². The van der Waals surface area contributed by atoms with Crippen LogP contribution in [0.15, 0.2) is 11.5 Å². The molecule has 0 saturated carbocycles. The lowest BCUT2D eigenvalue weighted by Crippen LogP contribution is -2.35. The van der Waals surface area contributed by atoms with Crippen molar-refractivity contribution < 1.29 is 5.21 Å². The lowest BCUT2D eigenvalue weighted by Gasteiger charge is -2.23. The van der Waals surface area contributed by atoms with Crippen molar-refractivity contribution in [2.75, 3.05) is 13.1 Å². The van der Waals surface area contributed by atoms with E-state index in [2.05, 4.69) is 40.9 Å². The zero-order chi connectivity index (χ0) is 15.1. The summed E-state index contributed by atoms with van der Waals surface area (Å²) in [5, 5.41) is 16.0. The highest BCUT2D eigenvalue weighted by molar-refractivity contribution is 5.82. The maximum atomic E-state index is 8.71. The minimum Gasteiger partial charge on any atom is -0.409 e. The SMILES string of the molecule is CCN(Cc1ncnn1CC(C)C)CC(C)C(N)=NO. The Bertz CT molecular complexity index is 428. The standard InChI is InChI=1S/C13H26N6O/c1-5-18(7-11(4)13(14)17-20)8-12-15-9-16-19(12)6-10(2)3/h9-11,20H,5-8H2,1-4H3,(H2,14,17). The summed E-state index contributed by atoms with van der Waals surface area (Å²) in [6.07, 6.45) is 1.60. The van der Waals surface area contributed by atoms with E-state index in [1.807, 2.05) is 11.6 Å². The zero-order valence-corrected chi connectivity index (χ0v) is 12.8. The number of nitrogens with two attached hydrogens (primary N) is 1. The Hall–Kier alpha value is -1.63. The molecule has 3 N–H and O–H groups in total. The van der Waals surface area contributed by atoms with Gasteiger partial charge in [0.05, 0.1) is 6.54 Å². The highest BCUT2D eigenvalue weighted by atomic mass is 16.4. The lowest BCUT2D eigenvalue weighted by atomic mass is 10.1. The maximum Gasteiger partial charge on any atom is 0.143 e. The molecule has 20 heavy (non-hydrogen) atoms. The molecule has 7 nitrogen and oxygen atoms in total. The van der Waals surface area contributed by atoms with E-state index in [9.17, 15) is 0 Å². The van der Waals surface area contributed by atoms with Crippen LogP contribution in [-0.2, 0) is 13.1 Å². The molecule has 1 aromatic rings. The molecule has 1 heterocycles. The summed E-state index contributed by atoms with van der Waals surface area (Å²) in [6, 6.07) is 0. The number of nitrogens with zero attached hydrogens (tertiary/aromatic N) is 5. The monoisotopic (exact) mass is 282 g/mol. The molecule has 114 valence electrons. The number of oxime groups is 1. The molecule has 0 fully saturated rings. The second-order valence-electron chi connectivity index (χ2n) is 5.51. The van der Waals surface area contributed by atoms with Gasteiger partial charge < -0.3 is 10.9 Å². The van der Waals surface area contributed by atoms with E-state index in [0.29, 0.717) is 12.5 Å². The third kappa shape index (κ3) is 4.80. The first-order chi connectivity index (χ1) is 9.47. The van der Waals surface area contributed by atoms with Crippen molar-refractivity contribution >= 4 is 5.84 Å². The summed E-state index contributed by atoms with van der Waals surface area (Å²) in [7, 11) is 0. The van der Waals surface area contributed by atoms with Gasteiger partial charge in [-0.15, -0.1) is 0 Å². The van der Waals surface area contributed by atoms with Crippen molar-refractivity contribution in [1.29, 1.82) is 0 Å². The number of amidine groups is 1. The van der Waals surface area contributed by atoms with Crippen LogP contribution in [0.1, 0.15) is 33.5 Å². The van der Waals surface area contributed by atoms with Gasteiger partial charge in [-0.05, 0) is 12.5 Å². The molecule has 0 aliphatic heterocycles. The minimum atomic E-state index is 0.00131. The predicted molar refractivity (Wildman–Crippen MR) is 78.4 cm³/mol. The van der Waals surface area contributed by atoms with Crippen LogP contribution in [-0.4, -0.2) is 43.8 Å². The summed E-state index contributed by atoms with van der Waals surface area (Å²) in [5.41, 5.74) is 5.63. The quantitative estimate of drug-likeness (QED) is 0.323. The molecule has 7 heteroatoms. The van der Waals surface area contributed by atoms with Crippen LogP contribution in [0.25, 0.3) is 0 Å². The number of aromatic nitrogens is 3. The van der Waals surface area contributed by atoms with Gasteiger partial charge in [-0.3, -0.25) is 4.90 Å². The summed E-state index contributed by atoms with van der Waals surface area (Å²) < 4.78 is 1.95. The fourth-order valence-electron chi connectivity index (χ4n) is 1.99. The first-order valence-corrected chi connectivity index (χ1v) is 7.04. The zero-order valence-electron chi connectivity index (χ0n) is 12.8. The molecule has 0 amide bonds. The van der Waals surface area contributed by atoms with Gasteiger partial charge in [-0.1, -0.05) is 32.9 Å². The van der Waals surface area contributed by atoms with Crippen molar-refractivity contribution in [2.24, 2.45) is 22.7 Å². The fourth-order valence-corrected chi connectivity index (χ4v) is 1.99. The first-order valence-electron chi connectivity index (χ1n) is 7.04. The van der Waals surface area contributed by atoms with Gasteiger partial charge in [0.2, 0.25) is 0 Å².